The van der Waals surface area contributed by atoms with Gasteiger partial charge in [-0.25, -0.2) is 4.99 Å². The van der Waals surface area contributed by atoms with Gasteiger partial charge in [-0.1, -0.05) is 13.8 Å². The van der Waals surface area contributed by atoms with Crippen LogP contribution in [0.4, 0.5) is 0 Å². The minimum Gasteiger partial charge on any atom is -0.380 e. The predicted molar refractivity (Wildman–Crippen MR) is 69.7 cm³/mol. The summed E-state index contributed by atoms with van der Waals surface area (Å²) >= 11 is 0. The van der Waals surface area contributed by atoms with Crippen molar-refractivity contribution in [1.29, 1.82) is 0 Å². The summed E-state index contributed by atoms with van der Waals surface area (Å²) in [7, 11) is 5.54. The Hall–Kier alpha value is -1.32. The first-order chi connectivity index (χ1) is 7.22. The summed E-state index contributed by atoms with van der Waals surface area (Å²) in [6, 6.07) is 0.507. The van der Waals surface area contributed by atoms with E-state index in [0.29, 0.717) is 6.04 Å². The van der Waals surface area contributed by atoms with Gasteiger partial charge in [0.05, 0.1) is 12.7 Å². The van der Waals surface area contributed by atoms with E-state index in [1.165, 1.54) is 0 Å². The number of nitrogens with one attached hydrogen (secondary N) is 1. The van der Waals surface area contributed by atoms with E-state index in [1.54, 1.807) is 13.4 Å². The lowest BCUT2D eigenvalue weighted by molar-refractivity contribution is 0.459. The van der Waals surface area contributed by atoms with E-state index in [9.17, 15) is 0 Å². The maximum Gasteiger partial charge on any atom is 0.0907 e. The normalized spacial score (nSPS) is 17.7. The van der Waals surface area contributed by atoms with Gasteiger partial charge in [0.25, 0.3) is 0 Å². The highest BCUT2D eigenvalue weighted by atomic mass is 15.2. The highest BCUT2D eigenvalue weighted by molar-refractivity contribution is 5.57. The third kappa shape index (κ3) is 10.6. The number of hydrogen-bond acceptors (Lipinski definition) is 3. The van der Waals surface area contributed by atoms with Gasteiger partial charge in [0.1, 0.15) is 0 Å². The number of likely N-dealkylation sites (N-methyl/N-ethyl adjacent to an activating group) is 1. The summed E-state index contributed by atoms with van der Waals surface area (Å²) < 4.78 is 0. The van der Waals surface area contributed by atoms with Crippen molar-refractivity contribution in [3.8, 4) is 0 Å². The van der Waals surface area contributed by atoms with Gasteiger partial charge < -0.3 is 10.2 Å². The average Bonchev–Trinajstić information content (AvgIpc) is 2.27. The molecule has 0 aliphatic carbocycles. The summed E-state index contributed by atoms with van der Waals surface area (Å²) in [5.41, 5.74) is 0. The fraction of sp³-hybridized carbons (Fsp3) is 0.636. The average molecular weight is 212 g/mol. The standard InChI is InChI=1S/C6H10N2.C3H8N2.C2H6/c1-6-3-4-7-5-8(6)2;1-4-3-5-2;1-2/h3-6H,1-2H3;3H,1-2H3,(H,4,5);1-2H3. The second-order valence-electron chi connectivity index (χ2n) is 2.69. The number of nitrogens with zero attached hydrogens (tertiary/aromatic N) is 3. The molecule has 0 aromatic carbocycles. The van der Waals surface area contributed by atoms with Gasteiger partial charge >= 0.3 is 0 Å². The van der Waals surface area contributed by atoms with Crippen LogP contribution < -0.4 is 5.32 Å². The topological polar surface area (TPSA) is 40.0 Å². The molecule has 0 amide bonds. The van der Waals surface area contributed by atoms with E-state index in [1.807, 2.05) is 40.5 Å². The molecule has 88 valence electrons. The molecule has 0 radical (unpaired) electrons. The Kier molecular flexibility index (Phi) is 13.6. The molecule has 1 atom stereocenters. The lowest BCUT2D eigenvalue weighted by Gasteiger charge is -2.20. The molecular formula is C11H24N4. The molecule has 1 rings (SSSR count). The van der Waals surface area contributed by atoms with Crippen LogP contribution in [0, 0.1) is 0 Å². The Morgan fingerprint density at radius 1 is 1.47 bits per heavy atom. The second kappa shape index (κ2) is 12.7. The third-order valence-corrected chi connectivity index (χ3v) is 1.60. The van der Waals surface area contributed by atoms with Gasteiger partial charge in [-0.2, -0.15) is 0 Å². The van der Waals surface area contributed by atoms with Crippen molar-refractivity contribution in [1.82, 2.24) is 10.2 Å². The highest BCUT2D eigenvalue weighted by Gasteiger charge is 2.01. The molecule has 1 heterocycles. The molecule has 0 saturated carbocycles. The van der Waals surface area contributed by atoms with Crippen molar-refractivity contribution >= 4 is 12.7 Å². The molecule has 1 N–H and O–H groups in total. The first-order valence-electron chi connectivity index (χ1n) is 5.22. The summed E-state index contributed by atoms with van der Waals surface area (Å²) in [6.45, 7) is 6.13. The van der Waals surface area contributed by atoms with Gasteiger partial charge in [-0.15, -0.1) is 0 Å². The van der Waals surface area contributed by atoms with Crippen LogP contribution in [0.2, 0.25) is 0 Å². The molecule has 4 nitrogen and oxygen atoms in total. The van der Waals surface area contributed by atoms with E-state index in [4.69, 9.17) is 0 Å². The van der Waals surface area contributed by atoms with Gasteiger partial charge in [0, 0.05) is 33.4 Å². The van der Waals surface area contributed by atoms with Crippen molar-refractivity contribution in [2.45, 2.75) is 26.8 Å². The zero-order valence-electron chi connectivity index (χ0n) is 10.7. The van der Waals surface area contributed by atoms with Gasteiger partial charge in [-0.05, 0) is 13.0 Å². The smallest absolute Gasteiger partial charge is 0.0907 e. The lowest BCUT2D eigenvalue weighted by atomic mass is 10.3. The summed E-state index contributed by atoms with van der Waals surface area (Å²) in [5.74, 6) is 0. The zero-order valence-corrected chi connectivity index (χ0v) is 10.7. The first kappa shape index (κ1) is 16.1. The number of aliphatic imine (C=N–C) groups is 2. The van der Waals surface area contributed by atoms with Crippen molar-refractivity contribution in [2.75, 3.05) is 21.1 Å². The van der Waals surface area contributed by atoms with E-state index in [-0.39, 0.29) is 0 Å². The van der Waals surface area contributed by atoms with Crippen molar-refractivity contribution < 1.29 is 0 Å². The van der Waals surface area contributed by atoms with E-state index in [2.05, 4.69) is 33.2 Å². The first-order valence-corrected chi connectivity index (χ1v) is 5.22. The van der Waals surface area contributed by atoms with Crippen LogP contribution in [0.3, 0.4) is 0 Å². The fourth-order valence-electron chi connectivity index (χ4n) is 0.688. The molecule has 0 saturated heterocycles. The minimum absolute atomic E-state index is 0.507. The van der Waals surface area contributed by atoms with Crippen LogP contribution >= 0.6 is 0 Å². The minimum atomic E-state index is 0.507. The van der Waals surface area contributed by atoms with Crippen LogP contribution in [0.5, 0.6) is 0 Å². The molecule has 1 aliphatic heterocycles. The highest BCUT2D eigenvalue weighted by Crippen LogP contribution is 1.98. The summed E-state index contributed by atoms with van der Waals surface area (Å²) in [6.07, 6.45) is 7.33. The third-order valence-electron chi connectivity index (χ3n) is 1.60. The van der Waals surface area contributed by atoms with Crippen LogP contribution in [0.1, 0.15) is 20.8 Å². The Balaban J connectivity index is 0. The van der Waals surface area contributed by atoms with Gasteiger partial charge in [-0.3, -0.25) is 4.99 Å². The lowest BCUT2D eigenvalue weighted by Crippen LogP contribution is -2.27. The Bertz CT molecular complexity index is 181. The predicted octanol–water partition coefficient (Wildman–Crippen LogP) is 1.75. The van der Waals surface area contributed by atoms with Gasteiger partial charge in [0.2, 0.25) is 0 Å². The second-order valence-corrected chi connectivity index (χ2v) is 2.69. The molecule has 0 bridgehead atoms. The van der Waals surface area contributed by atoms with E-state index in [0.717, 1.165) is 0 Å². The molecule has 0 aromatic rings. The monoisotopic (exact) mass is 212 g/mol. The summed E-state index contributed by atoms with van der Waals surface area (Å²) in [5, 5.41) is 2.73. The molecule has 1 unspecified atom stereocenters. The van der Waals surface area contributed by atoms with Gasteiger partial charge in [0.15, 0.2) is 0 Å². The van der Waals surface area contributed by atoms with Crippen molar-refractivity contribution in [3.63, 3.8) is 0 Å². The number of rotatable bonds is 1. The fourth-order valence-corrected chi connectivity index (χ4v) is 0.688. The van der Waals surface area contributed by atoms with Crippen LogP contribution in [0.15, 0.2) is 22.3 Å². The molecule has 0 fully saturated rings. The van der Waals surface area contributed by atoms with Crippen LogP contribution in [-0.4, -0.2) is 44.8 Å². The SMILES string of the molecule is CC.CC1C=CN=CN1C.CN=CNC. The Morgan fingerprint density at radius 3 is 2.27 bits per heavy atom. The molecule has 0 spiro atoms. The Morgan fingerprint density at radius 2 is 2.07 bits per heavy atom. The van der Waals surface area contributed by atoms with Crippen LogP contribution in [0.25, 0.3) is 0 Å². The van der Waals surface area contributed by atoms with Crippen LogP contribution in [-0.2, 0) is 0 Å². The maximum atomic E-state index is 3.93. The zero-order chi connectivity index (χ0) is 12.1. The largest absolute Gasteiger partial charge is 0.380 e. The maximum absolute atomic E-state index is 3.93. The molecule has 15 heavy (non-hydrogen) atoms. The number of hydrogen-bond donors (Lipinski definition) is 1. The molecular weight excluding hydrogens is 188 g/mol. The quantitative estimate of drug-likeness (QED) is 0.531. The molecule has 1 aliphatic rings. The van der Waals surface area contributed by atoms with Crippen molar-refractivity contribution in [3.05, 3.63) is 12.3 Å². The Labute approximate surface area is 93.8 Å². The molecule has 4 heteroatoms. The van der Waals surface area contributed by atoms with E-state index >= 15 is 0 Å². The summed E-state index contributed by atoms with van der Waals surface area (Å²) in [4.78, 5) is 9.60. The molecule has 0 aromatic heterocycles. The van der Waals surface area contributed by atoms with Crippen molar-refractivity contribution in [2.24, 2.45) is 9.98 Å². The van der Waals surface area contributed by atoms with E-state index < -0.39 is 0 Å².